The van der Waals surface area contributed by atoms with Gasteiger partial charge in [-0.15, -0.1) is 0 Å². The van der Waals surface area contributed by atoms with Gasteiger partial charge >= 0.3 is 0 Å². The molecular weight excluding hydrogens is 312 g/mol. The predicted octanol–water partition coefficient (Wildman–Crippen LogP) is 3.37. The van der Waals surface area contributed by atoms with Gasteiger partial charge in [0.15, 0.2) is 0 Å². The maximum atomic E-state index is 6.18. The fourth-order valence-corrected chi connectivity index (χ4v) is 2.52. The van der Waals surface area contributed by atoms with Crippen molar-refractivity contribution in [3.8, 4) is 0 Å². The molecule has 0 fully saturated rings. The van der Waals surface area contributed by atoms with Gasteiger partial charge in [-0.05, 0) is 48.0 Å². The highest BCUT2D eigenvalue weighted by Gasteiger charge is 2.05. The van der Waals surface area contributed by atoms with Gasteiger partial charge in [0.2, 0.25) is 0 Å². The summed E-state index contributed by atoms with van der Waals surface area (Å²) in [7, 11) is 0. The summed E-state index contributed by atoms with van der Waals surface area (Å²) in [4.78, 5) is 0. The largest absolute Gasteiger partial charge is 0.399 e. The lowest BCUT2D eigenvalue weighted by atomic mass is 10.1. The van der Waals surface area contributed by atoms with Crippen molar-refractivity contribution >= 4 is 39.8 Å². The monoisotopic (exact) mass is 334 g/mol. The first kappa shape index (κ1) is 16.3. The SMILES string of the molecule is Nc1ccc(N)c(Nc2ccc(CNc3ccccc3N)c(N)c2)c1. The molecule has 0 unspecified atom stereocenters. The molecule has 0 radical (unpaired) electrons. The summed E-state index contributed by atoms with van der Waals surface area (Å²) < 4.78 is 0. The van der Waals surface area contributed by atoms with Crippen LogP contribution in [-0.2, 0) is 6.54 Å². The molecule has 0 saturated heterocycles. The Bertz CT molecular complexity index is 891. The van der Waals surface area contributed by atoms with E-state index in [2.05, 4.69) is 10.6 Å². The number of nitrogens with one attached hydrogen (secondary N) is 2. The van der Waals surface area contributed by atoms with E-state index >= 15 is 0 Å². The third-order valence-corrected chi connectivity index (χ3v) is 3.93. The van der Waals surface area contributed by atoms with Gasteiger partial charge in [0.25, 0.3) is 0 Å². The third-order valence-electron chi connectivity index (χ3n) is 3.93. The van der Waals surface area contributed by atoms with Crippen molar-refractivity contribution in [2.45, 2.75) is 6.54 Å². The van der Waals surface area contributed by atoms with Crippen molar-refractivity contribution in [3.63, 3.8) is 0 Å². The molecule has 128 valence electrons. The smallest absolute Gasteiger partial charge is 0.0638 e. The van der Waals surface area contributed by atoms with E-state index in [9.17, 15) is 0 Å². The molecule has 3 aromatic rings. The molecule has 3 rings (SSSR count). The summed E-state index contributed by atoms with van der Waals surface area (Å²) in [6, 6.07) is 18.7. The second-order valence-corrected chi connectivity index (χ2v) is 5.83. The molecule has 0 saturated carbocycles. The lowest BCUT2D eigenvalue weighted by Gasteiger charge is -2.14. The molecule has 0 heterocycles. The van der Waals surface area contributed by atoms with Crippen molar-refractivity contribution in [2.24, 2.45) is 0 Å². The van der Waals surface area contributed by atoms with Crippen LogP contribution in [0.5, 0.6) is 0 Å². The molecule has 6 nitrogen and oxygen atoms in total. The fourth-order valence-electron chi connectivity index (χ4n) is 2.52. The van der Waals surface area contributed by atoms with Crippen molar-refractivity contribution in [1.82, 2.24) is 0 Å². The first-order valence-corrected chi connectivity index (χ1v) is 7.92. The van der Waals surface area contributed by atoms with Crippen LogP contribution in [0.4, 0.5) is 39.8 Å². The molecule has 6 heteroatoms. The van der Waals surface area contributed by atoms with Gasteiger partial charge in [-0.2, -0.15) is 0 Å². The van der Waals surface area contributed by atoms with E-state index in [0.717, 1.165) is 22.6 Å². The van der Waals surface area contributed by atoms with Crippen LogP contribution < -0.4 is 33.6 Å². The number of nitrogen functional groups attached to an aromatic ring is 4. The zero-order valence-electron chi connectivity index (χ0n) is 13.8. The van der Waals surface area contributed by atoms with Gasteiger partial charge in [0.05, 0.1) is 22.7 Å². The Balaban J connectivity index is 1.72. The normalized spacial score (nSPS) is 10.4. The Kier molecular flexibility index (Phi) is 4.52. The zero-order chi connectivity index (χ0) is 17.8. The van der Waals surface area contributed by atoms with Crippen LogP contribution in [0.25, 0.3) is 0 Å². The van der Waals surface area contributed by atoms with E-state index in [0.29, 0.717) is 29.3 Å². The number of anilines is 7. The molecule has 0 aliphatic carbocycles. The minimum atomic E-state index is 0.584. The van der Waals surface area contributed by atoms with Gasteiger partial charge in [0, 0.05) is 23.6 Å². The summed E-state index contributed by atoms with van der Waals surface area (Å²) in [6.45, 7) is 0.584. The Labute approximate surface area is 146 Å². The van der Waals surface area contributed by atoms with Crippen LogP contribution in [0.15, 0.2) is 60.7 Å². The van der Waals surface area contributed by atoms with E-state index in [-0.39, 0.29) is 0 Å². The number of nitrogens with two attached hydrogens (primary N) is 4. The summed E-state index contributed by atoms with van der Waals surface area (Å²) in [6.07, 6.45) is 0. The van der Waals surface area contributed by atoms with Crippen LogP contribution in [0.1, 0.15) is 5.56 Å². The van der Waals surface area contributed by atoms with Gasteiger partial charge in [-0.3, -0.25) is 0 Å². The molecular formula is C19H22N6. The van der Waals surface area contributed by atoms with Crippen molar-refractivity contribution in [3.05, 3.63) is 66.2 Å². The number of benzene rings is 3. The quantitative estimate of drug-likeness (QED) is 0.397. The summed E-state index contributed by atoms with van der Waals surface area (Å²) in [5.41, 5.74) is 30.0. The predicted molar refractivity (Wildman–Crippen MR) is 108 cm³/mol. The molecule has 0 aromatic heterocycles. The van der Waals surface area contributed by atoms with Crippen LogP contribution in [0.2, 0.25) is 0 Å². The number of para-hydroxylation sites is 2. The minimum absolute atomic E-state index is 0.584. The van der Waals surface area contributed by atoms with Crippen molar-refractivity contribution < 1.29 is 0 Å². The average molecular weight is 334 g/mol. The maximum Gasteiger partial charge on any atom is 0.0638 e. The lowest BCUT2D eigenvalue weighted by molar-refractivity contribution is 1.15. The zero-order valence-corrected chi connectivity index (χ0v) is 13.8. The maximum absolute atomic E-state index is 6.18. The van der Waals surface area contributed by atoms with Crippen molar-refractivity contribution in [2.75, 3.05) is 33.6 Å². The second-order valence-electron chi connectivity index (χ2n) is 5.83. The minimum Gasteiger partial charge on any atom is -0.399 e. The molecule has 0 aliphatic heterocycles. The van der Waals surface area contributed by atoms with Gasteiger partial charge < -0.3 is 33.6 Å². The highest BCUT2D eigenvalue weighted by atomic mass is 14.9. The molecule has 0 bridgehead atoms. The van der Waals surface area contributed by atoms with E-state index in [4.69, 9.17) is 22.9 Å². The van der Waals surface area contributed by atoms with E-state index < -0.39 is 0 Å². The molecule has 0 atom stereocenters. The van der Waals surface area contributed by atoms with Gasteiger partial charge in [-0.1, -0.05) is 18.2 Å². The van der Waals surface area contributed by atoms with Crippen LogP contribution in [0.3, 0.4) is 0 Å². The molecule has 0 aliphatic rings. The molecule has 0 amide bonds. The van der Waals surface area contributed by atoms with Crippen LogP contribution >= 0.6 is 0 Å². The highest BCUT2D eigenvalue weighted by Crippen LogP contribution is 2.28. The Morgan fingerprint density at radius 2 is 1.44 bits per heavy atom. The summed E-state index contributed by atoms with van der Waals surface area (Å²) >= 11 is 0. The lowest BCUT2D eigenvalue weighted by Crippen LogP contribution is -2.05. The first-order valence-electron chi connectivity index (χ1n) is 7.92. The number of rotatable bonds is 5. The second kappa shape index (κ2) is 6.92. The Morgan fingerprint density at radius 1 is 0.680 bits per heavy atom. The average Bonchev–Trinajstić information content (AvgIpc) is 2.59. The molecule has 0 spiro atoms. The Morgan fingerprint density at radius 3 is 2.20 bits per heavy atom. The first-order chi connectivity index (χ1) is 12.0. The fraction of sp³-hybridized carbons (Fsp3) is 0.0526. The van der Waals surface area contributed by atoms with Crippen LogP contribution in [0, 0.1) is 0 Å². The number of hydrogen-bond donors (Lipinski definition) is 6. The molecule has 10 N–H and O–H groups in total. The molecule has 25 heavy (non-hydrogen) atoms. The highest BCUT2D eigenvalue weighted by molar-refractivity contribution is 5.77. The topological polar surface area (TPSA) is 128 Å². The number of hydrogen-bond acceptors (Lipinski definition) is 6. The van der Waals surface area contributed by atoms with Gasteiger partial charge in [0.1, 0.15) is 0 Å². The van der Waals surface area contributed by atoms with E-state index in [1.54, 1.807) is 18.2 Å². The van der Waals surface area contributed by atoms with Crippen molar-refractivity contribution in [1.29, 1.82) is 0 Å². The molecule has 3 aromatic carbocycles. The third kappa shape index (κ3) is 3.87. The van der Waals surface area contributed by atoms with Gasteiger partial charge in [-0.25, -0.2) is 0 Å². The summed E-state index contributed by atoms with van der Waals surface area (Å²) in [5, 5.41) is 6.53. The summed E-state index contributed by atoms with van der Waals surface area (Å²) in [5.74, 6) is 0. The standard InChI is InChI=1S/C19H22N6/c20-13-6-8-16(22)19(9-13)25-14-7-5-12(17(23)10-14)11-24-18-4-2-1-3-15(18)21/h1-10,24-25H,11,20-23H2. The van der Waals surface area contributed by atoms with E-state index in [1.165, 1.54) is 0 Å². The van der Waals surface area contributed by atoms with Crippen LogP contribution in [-0.4, -0.2) is 0 Å². The Hall–Kier alpha value is -3.54. The van der Waals surface area contributed by atoms with E-state index in [1.807, 2.05) is 42.5 Å².